The van der Waals surface area contributed by atoms with Crippen LogP contribution in [0.15, 0.2) is 23.0 Å². The summed E-state index contributed by atoms with van der Waals surface area (Å²) < 4.78 is 28.1. The normalized spacial score (nSPS) is 45.4. The molecular formula is C23H28O8. The van der Waals surface area contributed by atoms with Crippen LogP contribution in [0.4, 0.5) is 0 Å². The highest BCUT2D eigenvalue weighted by Gasteiger charge is 2.84. The summed E-state index contributed by atoms with van der Waals surface area (Å²) in [5.41, 5.74) is -2.12. The first kappa shape index (κ1) is 20.5. The maximum atomic E-state index is 13.5. The van der Waals surface area contributed by atoms with Crippen LogP contribution >= 0.6 is 0 Å². The van der Waals surface area contributed by atoms with E-state index in [0.717, 1.165) is 5.56 Å². The van der Waals surface area contributed by atoms with E-state index in [1.807, 2.05) is 19.9 Å². The van der Waals surface area contributed by atoms with E-state index in [-0.39, 0.29) is 23.9 Å². The number of esters is 3. The van der Waals surface area contributed by atoms with Crippen LogP contribution in [0.3, 0.4) is 0 Å². The molecule has 1 aromatic rings. The van der Waals surface area contributed by atoms with Crippen molar-refractivity contribution in [2.24, 2.45) is 22.7 Å². The fraction of sp³-hybridized carbons (Fsp3) is 0.696. The van der Waals surface area contributed by atoms with E-state index in [1.165, 1.54) is 14.0 Å². The van der Waals surface area contributed by atoms with Gasteiger partial charge in [0.25, 0.3) is 0 Å². The molecule has 4 aliphatic rings. The third-order valence-corrected chi connectivity index (χ3v) is 8.57. The first-order valence-electron chi connectivity index (χ1n) is 10.9. The summed E-state index contributed by atoms with van der Waals surface area (Å²) in [4.78, 5) is 38.6. The molecule has 4 fully saturated rings. The molecular weight excluding hydrogens is 404 g/mol. The van der Waals surface area contributed by atoms with Crippen molar-refractivity contribution in [1.82, 2.24) is 0 Å². The quantitative estimate of drug-likeness (QED) is 0.408. The van der Waals surface area contributed by atoms with Gasteiger partial charge in [-0.25, -0.2) is 4.79 Å². The first-order chi connectivity index (χ1) is 14.7. The van der Waals surface area contributed by atoms with Crippen LogP contribution in [-0.2, 0) is 33.3 Å². The minimum Gasteiger partial charge on any atom is -0.472 e. The zero-order valence-electron chi connectivity index (χ0n) is 18.2. The van der Waals surface area contributed by atoms with Gasteiger partial charge >= 0.3 is 17.9 Å². The average molecular weight is 432 g/mol. The van der Waals surface area contributed by atoms with Crippen molar-refractivity contribution in [2.75, 3.05) is 7.11 Å². The number of ether oxygens (including phenoxy) is 4. The predicted octanol–water partition coefficient (Wildman–Crippen LogP) is 2.95. The second kappa shape index (κ2) is 6.58. The summed E-state index contributed by atoms with van der Waals surface area (Å²) in [5.74, 6) is -1.52. The summed E-state index contributed by atoms with van der Waals surface area (Å²) >= 11 is 0. The van der Waals surface area contributed by atoms with Crippen molar-refractivity contribution in [2.45, 2.75) is 70.4 Å². The van der Waals surface area contributed by atoms with Gasteiger partial charge in [-0.05, 0) is 37.2 Å². The summed E-state index contributed by atoms with van der Waals surface area (Å²) in [7, 11) is 1.34. The largest absolute Gasteiger partial charge is 0.472 e. The number of rotatable bonds is 3. The highest BCUT2D eigenvalue weighted by molar-refractivity contribution is 5.87. The number of cyclic esters (lactones) is 1. The first-order valence-corrected chi connectivity index (χ1v) is 10.9. The number of fused-ring (bicyclic) bond motifs is 4. The van der Waals surface area contributed by atoms with E-state index in [2.05, 4.69) is 0 Å². The zero-order chi connectivity index (χ0) is 22.2. The number of hydrogen-bond acceptors (Lipinski definition) is 8. The van der Waals surface area contributed by atoms with Crippen molar-refractivity contribution in [3.8, 4) is 0 Å². The summed E-state index contributed by atoms with van der Waals surface area (Å²) in [6.07, 6.45) is 4.13. The Kier molecular flexibility index (Phi) is 4.36. The second-order valence-corrected chi connectivity index (χ2v) is 9.68. The van der Waals surface area contributed by atoms with Crippen LogP contribution in [0.25, 0.3) is 0 Å². The van der Waals surface area contributed by atoms with Gasteiger partial charge in [-0.1, -0.05) is 13.8 Å². The van der Waals surface area contributed by atoms with Gasteiger partial charge < -0.3 is 23.4 Å². The molecule has 8 atom stereocenters. The summed E-state index contributed by atoms with van der Waals surface area (Å²) in [6, 6.07) is 1.81. The molecule has 8 unspecified atom stereocenters. The maximum Gasteiger partial charge on any atom is 0.341 e. The smallest absolute Gasteiger partial charge is 0.341 e. The fourth-order valence-corrected chi connectivity index (χ4v) is 7.10. The molecule has 31 heavy (non-hydrogen) atoms. The zero-order valence-corrected chi connectivity index (χ0v) is 18.2. The minimum absolute atomic E-state index is 0.107. The molecule has 1 spiro atoms. The lowest BCUT2D eigenvalue weighted by molar-refractivity contribution is -0.210. The van der Waals surface area contributed by atoms with Gasteiger partial charge in [0.2, 0.25) is 5.60 Å². The van der Waals surface area contributed by atoms with Crippen LogP contribution in [0.5, 0.6) is 0 Å². The Balaban J connectivity index is 1.62. The van der Waals surface area contributed by atoms with E-state index < -0.39 is 40.6 Å². The van der Waals surface area contributed by atoms with Gasteiger partial charge in [-0.2, -0.15) is 0 Å². The van der Waals surface area contributed by atoms with E-state index >= 15 is 0 Å². The Morgan fingerprint density at radius 3 is 2.68 bits per heavy atom. The second-order valence-electron chi connectivity index (χ2n) is 9.68. The van der Waals surface area contributed by atoms with Crippen LogP contribution in [0.1, 0.15) is 58.1 Å². The van der Waals surface area contributed by atoms with Gasteiger partial charge in [0.15, 0.2) is 0 Å². The summed E-state index contributed by atoms with van der Waals surface area (Å²) in [6.45, 7) is 5.30. The van der Waals surface area contributed by atoms with Gasteiger partial charge in [0.05, 0.1) is 36.6 Å². The predicted molar refractivity (Wildman–Crippen MR) is 104 cm³/mol. The van der Waals surface area contributed by atoms with Gasteiger partial charge in [-0.3, -0.25) is 9.59 Å². The lowest BCUT2D eigenvalue weighted by atomic mass is 9.43. The molecule has 1 aromatic heterocycles. The van der Waals surface area contributed by atoms with E-state index in [9.17, 15) is 14.4 Å². The van der Waals surface area contributed by atoms with Crippen molar-refractivity contribution in [1.29, 1.82) is 0 Å². The fourth-order valence-electron chi connectivity index (χ4n) is 7.10. The maximum absolute atomic E-state index is 13.5. The number of furan rings is 1. The van der Waals surface area contributed by atoms with E-state index in [4.69, 9.17) is 23.4 Å². The molecule has 2 aliphatic heterocycles. The summed E-state index contributed by atoms with van der Waals surface area (Å²) in [5, 5.41) is 0. The third kappa shape index (κ3) is 2.42. The van der Waals surface area contributed by atoms with Crippen LogP contribution < -0.4 is 0 Å². The molecule has 168 valence electrons. The molecule has 0 aromatic carbocycles. The monoisotopic (exact) mass is 432 g/mol. The molecule has 0 radical (unpaired) electrons. The molecule has 5 rings (SSSR count). The Bertz CT molecular complexity index is 924. The Morgan fingerprint density at radius 2 is 2.03 bits per heavy atom. The van der Waals surface area contributed by atoms with E-state index in [0.29, 0.717) is 25.7 Å². The SMILES string of the molecule is COC(=O)C12OC1CCC1C3(CC(c4ccoc4)OC3=O)C(C)CC(OC(C)=O)C12C. The van der Waals surface area contributed by atoms with Crippen molar-refractivity contribution >= 4 is 17.9 Å². The molecule has 0 amide bonds. The van der Waals surface area contributed by atoms with Gasteiger partial charge in [0.1, 0.15) is 12.2 Å². The number of hydrogen-bond donors (Lipinski definition) is 0. The van der Waals surface area contributed by atoms with Gasteiger partial charge in [0, 0.05) is 18.9 Å². The van der Waals surface area contributed by atoms with Crippen molar-refractivity contribution < 1.29 is 37.7 Å². The van der Waals surface area contributed by atoms with Crippen LogP contribution in [-0.4, -0.2) is 42.8 Å². The van der Waals surface area contributed by atoms with E-state index in [1.54, 1.807) is 12.5 Å². The molecule has 2 saturated carbocycles. The Hall–Kier alpha value is -2.35. The lowest BCUT2D eigenvalue weighted by Crippen LogP contribution is -2.67. The third-order valence-electron chi connectivity index (χ3n) is 8.57. The molecule has 3 heterocycles. The molecule has 2 aliphatic carbocycles. The standard InChI is InChI=1S/C23H28O8/c1-12-9-18(29-13(2)24)21(3)16(5-6-17-23(21,31-17)20(26)27-4)22(12)10-15(30-19(22)25)14-7-8-28-11-14/h7-8,11-12,15-18H,5-6,9-10H2,1-4H3. The molecule has 0 bridgehead atoms. The average Bonchev–Trinajstić information content (AvgIpc) is 3.07. The topological polar surface area (TPSA) is 105 Å². The Morgan fingerprint density at radius 1 is 1.26 bits per heavy atom. The highest BCUT2D eigenvalue weighted by atomic mass is 16.7. The number of carbonyl (C=O) groups excluding carboxylic acids is 3. The lowest BCUT2D eigenvalue weighted by Gasteiger charge is -2.59. The number of epoxide rings is 1. The van der Waals surface area contributed by atoms with Gasteiger partial charge in [-0.15, -0.1) is 0 Å². The van der Waals surface area contributed by atoms with Crippen molar-refractivity contribution in [3.63, 3.8) is 0 Å². The number of carbonyl (C=O) groups is 3. The van der Waals surface area contributed by atoms with Crippen molar-refractivity contribution in [3.05, 3.63) is 24.2 Å². The molecule has 2 saturated heterocycles. The number of methoxy groups -OCH3 is 1. The van der Waals surface area contributed by atoms with Crippen LogP contribution in [0.2, 0.25) is 0 Å². The van der Waals surface area contributed by atoms with Crippen LogP contribution in [0, 0.1) is 22.7 Å². The highest BCUT2D eigenvalue weighted by Crippen LogP contribution is 2.73. The molecule has 0 N–H and O–H groups in total. The minimum atomic E-state index is -1.22. The molecule has 8 nitrogen and oxygen atoms in total. The molecule has 8 heteroatoms. The Labute approximate surface area is 180 Å².